The zero-order chi connectivity index (χ0) is 15.3. The molecule has 3 heteroatoms. The Morgan fingerprint density at radius 1 is 1.14 bits per heavy atom. The molecule has 112 valence electrons. The lowest BCUT2D eigenvalue weighted by Crippen LogP contribution is -2.35. The summed E-state index contributed by atoms with van der Waals surface area (Å²) in [6.07, 6.45) is 2.74. The fourth-order valence-electron chi connectivity index (χ4n) is 1.99. The molecule has 1 aromatic heterocycles. The minimum atomic E-state index is 0.0963. The van der Waals surface area contributed by atoms with Crippen molar-refractivity contribution in [3.05, 3.63) is 53.7 Å². The monoisotopic (exact) mass is 284 g/mol. The van der Waals surface area contributed by atoms with E-state index in [1.54, 1.807) is 6.20 Å². The van der Waals surface area contributed by atoms with Crippen molar-refractivity contribution in [3.63, 3.8) is 0 Å². The van der Waals surface area contributed by atoms with Crippen LogP contribution in [0.3, 0.4) is 0 Å². The number of benzene rings is 1. The first kappa shape index (κ1) is 15.5. The number of hydrogen-bond acceptors (Lipinski definition) is 3. The van der Waals surface area contributed by atoms with E-state index in [2.05, 4.69) is 44.1 Å². The van der Waals surface area contributed by atoms with Crippen LogP contribution in [0, 0.1) is 0 Å². The highest BCUT2D eigenvalue weighted by atomic mass is 16.5. The van der Waals surface area contributed by atoms with Crippen molar-refractivity contribution in [2.75, 3.05) is 0 Å². The van der Waals surface area contributed by atoms with Gasteiger partial charge in [0.15, 0.2) is 0 Å². The number of hydrogen-bond donors (Lipinski definition) is 1. The van der Waals surface area contributed by atoms with Gasteiger partial charge in [-0.3, -0.25) is 0 Å². The topological polar surface area (TPSA) is 34.1 Å². The number of aryl methyl sites for hydroxylation is 1. The molecule has 1 heterocycles. The van der Waals surface area contributed by atoms with Gasteiger partial charge in [0.25, 0.3) is 0 Å². The van der Waals surface area contributed by atoms with E-state index >= 15 is 0 Å². The van der Waals surface area contributed by atoms with Gasteiger partial charge in [-0.05, 0) is 50.5 Å². The van der Waals surface area contributed by atoms with Crippen molar-refractivity contribution in [3.8, 4) is 11.6 Å². The minimum Gasteiger partial charge on any atom is -0.439 e. The van der Waals surface area contributed by atoms with Crippen LogP contribution in [0.4, 0.5) is 0 Å². The smallest absolute Gasteiger partial charge is 0.219 e. The van der Waals surface area contributed by atoms with Gasteiger partial charge in [0.1, 0.15) is 5.75 Å². The van der Waals surface area contributed by atoms with Crippen LogP contribution < -0.4 is 10.1 Å². The lowest BCUT2D eigenvalue weighted by Gasteiger charge is -2.20. The van der Waals surface area contributed by atoms with Crippen LogP contribution in [0.15, 0.2) is 42.6 Å². The van der Waals surface area contributed by atoms with Crippen molar-refractivity contribution in [2.24, 2.45) is 0 Å². The van der Waals surface area contributed by atoms with Gasteiger partial charge in [0.05, 0.1) is 0 Å². The average molecular weight is 284 g/mol. The Bertz CT molecular complexity index is 588. The third-order valence-electron chi connectivity index (χ3n) is 3.19. The molecule has 0 radical (unpaired) electrons. The second-order valence-electron chi connectivity index (χ2n) is 6.17. The highest BCUT2D eigenvalue weighted by Gasteiger charge is 2.09. The van der Waals surface area contributed by atoms with Gasteiger partial charge >= 0.3 is 0 Å². The van der Waals surface area contributed by atoms with Crippen LogP contribution in [0.1, 0.15) is 38.8 Å². The van der Waals surface area contributed by atoms with E-state index in [0.29, 0.717) is 5.88 Å². The molecule has 0 atom stereocenters. The summed E-state index contributed by atoms with van der Waals surface area (Å²) in [4.78, 5) is 4.30. The standard InChI is InChI=1S/C18H24N2O/c1-5-15-8-6-7-9-16(15)21-17-12-14(10-11-19-17)13-20-18(2,3)4/h6-12,20H,5,13H2,1-4H3. The summed E-state index contributed by atoms with van der Waals surface area (Å²) in [5.41, 5.74) is 2.46. The predicted octanol–water partition coefficient (Wildman–Crippen LogP) is 4.32. The van der Waals surface area contributed by atoms with Crippen molar-refractivity contribution in [1.82, 2.24) is 10.3 Å². The van der Waals surface area contributed by atoms with Crippen LogP contribution in [-0.2, 0) is 13.0 Å². The normalized spacial score (nSPS) is 11.4. The first-order valence-electron chi connectivity index (χ1n) is 7.43. The molecule has 0 unspecified atom stereocenters. The maximum Gasteiger partial charge on any atom is 0.219 e. The number of para-hydroxylation sites is 1. The fourth-order valence-corrected chi connectivity index (χ4v) is 1.99. The number of ether oxygens (including phenoxy) is 1. The Morgan fingerprint density at radius 2 is 1.90 bits per heavy atom. The summed E-state index contributed by atoms with van der Waals surface area (Å²) >= 11 is 0. The van der Waals surface area contributed by atoms with Crippen LogP contribution in [0.5, 0.6) is 11.6 Å². The third kappa shape index (κ3) is 4.87. The molecule has 0 saturated carbocycles. The summed E-state index contributed by atoms with van der Waals surface area (Å²) < 4.78 is 5.93. The summed E-state index contributed by atoms with van der Waals surface area (Å²) in [5.74, 6) is 1.53. The van der Waals surface area contributed by atoms with E-state index in [0.717, 1.165) is 18.7 Å². The molecule has 0 aliphatic heterocycles. The Balaban J connectivity index is 2.10. The van der Waals surface area contributed by atoms with Crippen molar-refractivity contribution in [1.29, 1.82) is 0 Å². The Kier molecular flexibility index (Phi) is 4.97. The third-order valence-corrected chi connectivity index (χ3v) is 3.19. The van der Waals surface area contributed by atoms with Crippen LogP contribution in [0.25, 0.3) is 0 Å². The molecule has 3 nitrogen and oxygen atoms in total. The molecular formula is C18H24N2O. The molecule has 1 N–H and O–H groups in total. The molecule has 0 aliphatic rings. The van der Waals surface area contributed by atoms with E-state index < -0.39 is 0 Å². The number of pyridine rings is 1. The van der Waals surface area contributed by atoms with Gasteiger partial charge in [-0.15, -0.1) is 0 Å². The molecule has 0 saturated heterocycles. The number of nitrogens with zero attached hydrogens (tertiary/aromatic N) is 1. The highest BCUT2D eigenvalue weighted by Crippen LogP contribution is 2.24. The maximum absolute atomic E-state index is 5.93. The summed E-state index contributed by atoms with van der Waals surface area (Å²) in [7, 11) is 0. The van der Waals surface area contributed by atoms with E-state index in [4.69, 9.17) is 4.74 Å². The molecule has 2 aromatic rings. The highest BCUT2D eigenvalue weighted by molar-refractivity contribution is 5.36. The van der Waals surface area contributed by atoms with E-state index in [1.807, 2.05) is 30.3 Å². The molecule has 0 bridgehead atoms. The molecule has 0 fully saturated rings. The number of rotatable bonds is 5. The lowest BCUT2D eigenvalue weighted by atomic mass is 10.1. The Labute approximate surface area is 127 Å². The second-order valence-corrected chi connectivity index (χ2v) is 6.17. The summed E-state index contributed by atoms with van der Waals surface area (Å²) in [6, 6.07) is 12.1. The lowest BCUT2D eigenvalue weighted by molar-refractivity contribution is 0.421. The van der Waals surface area contributed by atoms with Crippen molar-refractivity contribution >= 4 is 0 Å². The SMILES string of the molecule is CCc1ccccc1Oc1cc(CNC(C)(C)C)ccn1. The molecule has 0 spiro atoms. The predicted molar refractivity (Wildman–Crippen MR) is 86.7 cm³/mol. The number of aromatic nitrogens is 1. The molecule has 0 aliphatic carbocycles. The first-order chi connectivity index (χ1) is 9.98. The molecule has 0 amide bonds. The minimum absolute atomic E-state index is 0.0963. The molecule has 1 aromatic carbocycles. The first-order valence-corrected chi connectivity index (χ1v) is 7.43. The molecule has 2 rings (SSSR count). The van der Waals surface area contributed by atoms with Gasteiger partial charge in [0.2, 0.25) is 5.88 Å². The van der Waals surface area contributed by atoms with Gasteiger partial charge < -0.3 is 10.1 Å². The quantitative estimate of drug-likeness (QED) is 0.887. The average Bonchev–Trinajstić information content (AvgIpc) is 2.45. The fraction of sp³-hybridized carbons (Fsp3) is 0.389. The van der Waals surface area contributed by atoms with Crippen molar-refractivity contribution < 1.29 is 4.74 Å². The van der Waals surface area contributed by atoms with Crippen LogP contribution >= 0.6 is 0 Å². The maximum atomic E-state index is 5.93. The van der Waals surface area contributed by atoms with Gasteiger partial charge in [-0.25, -0.2) is 4.98 Å². The summed E-state index contributed by atoms with van der Waals surface area (Å²) in [6.45, 7) is 9.40. The van der Waals surface area contributed by atoms with Crippen LogP contribution in [-0.4, -0.2) is 10.5 Å². The zero-order valence-corrected chi connectivity index (χ0v) is 13.3. The van der Waals surface area contributed by atoms with E-state index in [1.165, 1.54) is 11.1 Å². The summed E-state index contributed by atoms with van der Waals surface area (Å²) in [5, 5.41) is 3.47. The Morgan fingerprint density at radius 3 is 2.62 bits per heavy atom. The second kappa shape index (κ2) is 6.72. The largest absolute Gasteiger partial charge is 0.439 e. The van der Waals surface area contributed by atoms with Gasteiger partial charge in [-0.1, -0.05) is 25.1 Å². The Hall–Kier alpha value is -1.87. The van der Waals surface area contributed by atoms with Crippen LogP contribution in [0.2, 0.25) is 0 Å². The van der Waals surface area contributed by atoms with Gasteiger partial charge in [0, 0.05) is 24.3 Å². The van der Waals surface area contributed by atoms with E-state index in [9.17, 15) is 0 Å². The molecular weight excluding hydrogens is 260 g/mol. The zero-order valence-electron chi connectivity index (χ0n) is 13.3. The van der Waals surface area contributed by atoms with Crippen molar-refractivity contribution in [2.45, 2.75) is 46.2 Å². The van der Waals surface area contributed by atoms with Gasteiger partial charge in [-0.2, -0.15) is 0 Å². The number of nitrogens with one attached hydrogen (secondary N) is 1. The van der Waals surface area contributed by atoms with E-state index in [-0.39, 0.29) is 5.54 Å². The molecule has 21 heavy (non-hydrogen) atoms.